The molecule has 2 amide bonds. The molecule has 3 aromatic rings. The van der Waals surface area contributed by atoms with Crippen LogP contribution in [0.5, 0.6) is 0 Å². The highest BCUT2D eigenvalue weighted by atomic mass is 16.2. The van der Waals surface area contributed by atoms with E-state index < -0.39 is 0 Å². The van der Waals surface area contributed by atoms with Crippen LogP contribution in [-0.4, -0.2) is 40.0 Å². The second-order valence-corrected chi connectivity index (χ2v) is 9.54. The van der Waals surface area contributed by atoms with Gasteiger partial charge in [0.25, 0.3) is 11.8 Å². The molecule has 0 spiro atoms. The maximum atomic E-state index is 13.6. The first-order valence-corrected chi connectivity index (χ1v) is 11.8. The van der Waals surface area contributed by atoms with Gasteiger partial charge in [0.1, 0.15) is 5.69 Å². The summed E-state index contributed by atoms with van der Waals surface area (Å²) >= 11 is 0. The molecular formula is C27H30N4O2. The van der Waals surface area contributed by atoms with Crippen molar-refractivity contribution in [2.24, 2.45) is 5.92 Å². The maximum Gasteiger partial charge on any atom is 0.277 e. The number of amides is 2. The van der Waals surface area contributed by atoms with Crippen molar-refractivity contribution in [3.8, 4) is 0 Å². The molecule has 1 fully saturated rings. The number of H-pyrrole nitrogens is 1. The summed E-state index contributed by atoms with van der Waals surface area (Å²) in [6.45, 7) is 8.04. The van der Waals surface area contributed by atoms with E-state index in [-0.39, 0.29) is 17.9 Å². The lowest BCUT2D eigenvalue weighted by Gasteiger charge is -2.28. The van der Waals surface area contributed by atoms with E-state index in [0.29, 0.717) is 17.2 Å². The van der Waals surface area contributed by atoms with E-state index in [1.54, 1.807) is 0 Å². The van der Waals surface area contributed by atoms with Crippen LogP contribution in [0.3, 0.4) is 0 Å². The summed E-state index contributed by atoms with van der Waals surface area (Å²) in [5.41, 5.74) is 6.16. The van der Waals surface area contributed by atoms with Gasteiger partial charge in [-0.05, 0) is 67.5 Å². The first-order chi connectivity index (χ1) is 16.0. The average Bonchev–Trinajstić information content (AvgIpc) is 3.53. The smallest absolute Gasteiger partial charge is 0.277 e. The molecule has 1 unspecified atom stereocenters. The van der Waals surface area contributed by atoms with Gasteiger partial charge >= 0.3 is 0 Å². The standard InChI is InChI=1S/C27H30N4O2/c1-17(2)16-22-23-24(29-28-22)27(33)31(25(23)21-9-5-4-8-18(21)3)20-12-10-19(11-13-20)26(32)30-14-6-7-15-30/h4-5,8-13,17,25H,6-7,14-16H2,1-3H3,(H,28,29). The third-order valence-electron chi connectivity index (χ3n) is 6.72. The number of carbonyl (C=O) groups excluding carboxylic acids is 2. The zero-order valence-electron chi connectivity index (χ0n) is 19.5. The summed E-state index contributed by atoms with van der Waals surface area (Å²) in [5.74, 6) is 0.408. The van der Waals surface area contributed by atoms with Gasteiger partial charge in [0, 0.05) is 29.9 Å². The number of hydrogen-bond donors (Lipinski definition) is 1. The van der Waals surface area contributed by atoms with Crippen molar-refractivity contribution in [3.63, 3.8) is 0 Å². The number of aromatic nitrogens is 2. The normalized spacial score (nSPS) is 17.8. The van der Waals surface area contributed by atoms with E-state index in [2.05, 4.69) is 43.1 Å². The number of anilines is 1. The zero-order valence-corrected chi connectivity index (χ0v) is 19.5. The Bertz CT molecular complexity index is 1190. The summed E-state index contributed by atoms with van der Waals surface area (Å²) in [4.78, 5) is 30.1. The fourth-order valence-corrected chi connectivity index (χ4v) is 5.08. The Balaban J connectivity index is 1.56. The lowest BCUT2D eigenvalue weighted by Crippen LogP contribution is -2.30. The van der Waals surface area contributed by atoms with Crippen LogP contribution in [0.25, 0.3) is 0 Å². The molecule has 170 valence electrons. The third kappa shape index (κ3) is 3.73. The van der Waals surface area contributed by atoms with Gasteiger partial charge in [-0.1, -0.05) is 38.1 Å². The van der Waals surface area contributed by atoms with Crippen LogP contribution in [0.4, 0.5) is 5.69 Å². The molecule has 1 N–H and O–H groups in total. The first kappa shape index (κ1) is 21.4. The molecule has 2 aromatic carbocycles. The van der Waals surface area contributed by atoms with Gasteiger partial charge in [-0.15, -0.1) is 0 Å². The maximum absolute atomic E-state index is 13.6. The van der Waals surface area contributed by atoms with E-state index >= 15 is 0 Å². The Morgan fingerprint density at radius 1 is 1.09 bits per heavy atom. The van der Waals surface area contributed by atoms with Crippen LogP contribution >= 0.6 is 0 Å². The average molecular weight is 443 g/mol. The number of carbonyl (C=O) groups is 2. The number of benzene rings is 2. The molecular weight excluding hydrogens is 412 g/mol. The van der Waals surface area contributed by atoms with Gasteiger partial charge in [0.2, 0.25) is 0 Å². The molecule has 0 saturated carbocycles. The van der Waals surface area contributed by atoms with E-state index in [0.717, 1.165) is 60.4 Å². The largest absolute Gasteiger partial charge is 0.339 e. The minimum Gasteiger partial charge on any atom is -0.339 e. The second kappa shape index (κ2) is 8.50. The van der Waals surface area contributed by atoms with Crippen LogP contribution in [0.2, 0.25) is 0 Å². The summed E-state index contributed by atoms with van der Waals surface area (Å²) in [6.07, 6.45) is 2.93. The molecule has 1 atom stereocenters. The zero-order chi connectivity index (χ0) is 23.1. The SMILES string of the molecule is Cc1ccccc1C1c2c(CC(C)C)n[nH]c2C(=O)N1c1ccc(C(=O)N2CCCC2)cc1. The number of nitrogens with one attached hydrogen (secondary N) is 1. The van der Waals surface area contributed by atoms with E-state index in [4.69, 9.17) is 0 Å². The molecule has 2 aliphatic rings. The van der Waals surface area contributed by atoms with Crippen LogP contribution in [0.15, 0.2) is 48.5 Å². The second-order valence-electron chi connectivity index (χ2n) is 9.54. The first-order valence-electron chi connectivity index (χ1n) is 11.8. The van der Waals surface area contributed by atoms with E-state index in [1.165, 1.54) is 0 Å². The highest BCUT2D eigenvalue weighted by Crippen LogP contribution is 2.43. The molecule has 0 aliphatic carbocycles. The number of hydrogen-bond acceptors (Lipinski definition) is 3. The molecule has 6 nitrogen and oxygen atoms in total. The fraction of sp³-hybridized carbons (Fsp3) is 0.370. The van der Waals surface area contributed by atoms with Crippen molar-refractivity contribution in [2.45, 2.75) is 46.1 Å². The minimum absolute atomic E-state index is 0.0656. The van der Waals surface area contributed by atoms with Gasteiger partial charge in [0.15, 0.2) is 0 Å². The molecule has 33 heavy (non-hydrogen) atoms. The van der Waals surface area contributed by atoms with E-state index in [9.17, 15) is 9.59 Å². The lowest BCUT2D eigenvalue weighted by atomic mass is 9.92. The number of fused-ring (bicyclic) bond motifs is 1. The number of likely N-dealkylation sites (tertiary alicyclic amines) is 1. The van der Waals surface area contributed by atoms with Crippen molar-refractivity contribution in [1.29, 1.82) is 0 Å². The fourth-order valence-electron chi connectivity index (χ4n) is 5.08. The highest BCUT2D eigenvalue weighted by molar-refractivity contribution is 6.11. The lowest BCUT2D eigenvalue weighted by molar-refractivity contribution is 0.0792. The van der Waals surface area contributed by atoms with Gasteiger partial charge in [-0.3, -0.25) is 19.6 Å². The van der Waals surface area contributed by atoms with Gasteiger partial charge in [-0.25, -0.2) is 0 Å². The Hall–Kier alpha value is -3.41. The van der Waals surface area contributed by atoms with Crippen molar-refractivity contribution >= 4 is 17.5 Å². The Labute approximate surface area is 194 Å². The van der Waals surface area contributed by atoms with Crippen molar-refractivity contribution in [2.75, 3.05) is 18.0 Å². The molecule has 6 heteroatoms. The quantitative estimate of drug-likeness (QED) is 0.611. The third-order valence-corrected chi connectivity index (χ3v) is 6.72. The predicted octanol–water partition coefficient (Wildman–Crippen LogP) is 4.90. The van der Waals surface area contributed by atoms with E-state index in [1.807, 2.05) is 46.2 Å². The molecule has 0 radical (unpaired) electrons. The van der Waals surface area contributed by atoms with Gasteiger partial charge < -0.3 is 4.90 Å². The molecule has 5 rings (SSSR count). The Morgan fingerprint density at radius 2 is 1.79 bits per heavy atom. The van der Waals surface area contributed by atoms with Crippen molar-refractivity contribution < 1.29 is 9.59 Å². The van der Waals surface area contributed by atoms with Crippen LogP contribution in [-0.2, 0) is 6.42 Å². The topological polar surface area (TPSA) is 69.3 Å². The number of nitrogens with zero attached hydrogens (tertiary/aromatic N) is 3. The minimum atomic E-state index is -0.249. The molecule has 2 aliphatic heterocycles. The Kier molecular flexibility index (Phi) is 5.52. The Morgan fingerprint density at radius 3 is 2.45 bits per heavy atom. The van der Waals surface area contributed by atoms with Crippen molar-refractivity contribution in [3.05, 3.63) is 82.2 Å². The summed E-state index contributed by atoms with van der Waals surface area (Å²) in [5, 5.41) is 7.55. The molecule has 1 saturated heterocycles. The summed E-state index contributed by atoms with van der Waals surface area (Å²) in [6, 6.07) is 15.4. The predicted molar refractivity (Wildman–Crippen MR) is 129 cm³/mol. The number of aryl methyl sites for hydroxylation is 1. The van der Waals surface area contributed by atoms with Gasteiger partial charge in [-0.2, -0.15) is 5.10 Å². The van der Waals surface area contributed by atoms with Gasteiger partial charge in [0.05, 0.1) is 11.7 Å². The monoisotopic (exact) mass is 442 g/mol. The van der Waals surface area contributed by atoms with Crippen LogP contribution in [0.1, 0.15) is 76.0 Å². The summed E-state index contributed by atoms with van der Waals surface area (Å²) in [7, 11) is 0. The molecule has 1 aromatic heterocycles. The number of aromatic amines is 1. The molecule has 0 bridgehead atoms. The van der Waals surface area contributed by atoms with Crippen molar-refractivity contribution in [1.82, 2.24) is 15.1 Å². The number of rotatable bonds is 5. The summed E-state index contributed by atoms with van der Waals surface area (Å²) < 4.78 is 0. The van der Waals surface area contributed by atoms with Crippen LogP contribution < -0.4 is 4.90 Å². The highest BCUT2D eigenvalue weighted by Gasteiger charge is 2.43. The van der Waals surface area contributed by atoms with Crippen LogP contribution in [0, 0.1) is 12.8 Å². The molecule has 3 heterocycles.